The predicted octanol–water partition coefficient (Wildman–Crippen LogP) is 2.56. The highest BCUT2D eigenvalue weighted by atomic mass is 16.5. The number of methoxy groups -OCH3 is 1. The van der Waals surface area contributed by atoms with Crippen LogP contribution >= 0.6 is 0 Å². The zero-order valence-electron chi connectivity index (χ0n) is 11.2. The molecule has 3 rings (SSSR count). The first-order chi connectivity index (χ1) is 9.29. The van der Waals surface area contributed by atoms with Gasteiger partial charge in [0.2, 0.25) is 5.91 Å². The quantitative estimate of drug-likeness (QED) is 0.779. The van der Waals surface area contributed by atoms with Crippen molar-refractivity contribution in [2.24, 2.45) is 0 Å². The summed E-state index contributed by atoms with van der Waals surface area (Å²) >= 11 is 0. The smallest absolute Gasteiger partial charge is 0.227 e. The molecule has 1 fully saturated rings. The van der Waals surface area contributed by atoms with Crippen molar-refractivity contribution >= 4 is 5.91 Å². The van der Waals surface area contributed by atoms with E-state index < -0.39 is 0 Å². The molecule has 1 aromatic carbocycles. The van der Waals surface area contributed by atoms with Crippen LogP contribution in [0, 0.1) is 0 Å². The van der Waals surface area contributed by atoms with E-state index in [-0.39, 0.29) is 5.91 Å². The minimum Gasteiger partial charge on any atom is -0.496 e. The Morgan fingerprint density at radius 3 is 3.00 bits per heavy atom. The first kappa shape index (κ1) is 12.3. The molecule has 19 heavy (non-hydrogen) atoms. The molecule has 2 bridgehead atoms. The summed E-state index contributed by atoms with van der Waals surface area (Å²) in [5, 5.41) is 0. The molecule has 2 heterocycles. The molecule has 1 aromatic rings. The van der Waals surface area contributed by atoms with Crippen LogP contribution in [0.25, 0.3) is 0 Å². The number of fused-ring (bicyclic) bond motifs is 2. The molecule has 1 amide bonds. The molecule has 0 spiro atoms. The van der Waals surface area contributed by atoms with Crippen LogP contribution in [0.4, 0.5) is 0 Å². The van der Waals surface area contributed by atoms with Crippen LogP contribution in [0.15, 0.2) is 36.4 Å². The number of hydrogen-bond donors (Lipinski definition) is 0. The number of carbonyl (C=O) groups excluding carboxylic acids is 1. The number of para-hydroxylation sites is 1. The van der Waals surface area contributed by atoms with Crippen LogP contribution in [-0.4, -0.2) is 30.0 Å². The minimum absolute atomic E-state index is 0.223. The SMILES string of the molecule is COc1ccccc1CC(=O)N1C2C=CCC1CC2. The van der Waals surface area contributed by atoms with Crippen LogP contribution in [0.3, 0.4) is 0 Å². The van der Waals surface area contributed by atoms with Crippen molar-refractivity contribution in [3.8, 4) is 5.75 Å². The van der Waals surface area contributed by atoms with E-state index >= 15 is 0 Å². The molecule has 0 saturated carbocycles. The van der Waals surface area contributed by atoms with Crippen molar-refractivity contribution in [2.45, 2.75) is 37.8 Å². The Balaban J connectivity index is 1.77. The van der Waals surface area contributed by atoms with Crippen LogP contribution < -0.4 is 4.74 Å². The summed E-state index contributed by atoms with van der Waals surface area (Å²) in [6, 6.07) is 8.50. The van der Waals surface area contributed by atoms with E-state index in [9.17, 15) is 4.79 Å². The number of rotatable bonds is 3. The average Bonchev–Trinajstić information content (AvgIpc) is 2.69. The molecular weight excluding hydrogens is 238 g/mol. The maximum atomic E-state index is 12.5. The molecule has 0 N–H and O–H groups in total. The normalized spacial score (nSPS) is 24.6. The van der Waals surface area contributed by atoms with E-state index in [0.717, 1.165) is 30.6 Å². The molecule has 2 aliphatic rings. The first-order valence-electron chi connectivity index (χ1n) is 6.89. The van der Waals surface area contributed by atoms with Crippen LogP contribution in [-0.2, 0) is 11.2 Å². The van der Waals surface area contributed by atoms with Gasteiger partial charge >= 0.3 is 0 Å². The summed E-state index contributed by atoms with van der Waals surface area (Å²) < 4.78 is 5.32. The first-order valence-corrected chi connectivity index (χ1v) is 6.89. The number of hydrogen-bond acceptors (Lipinski definition) is 2. The summed E-state index contributed by atoms with van der Waals surface area (Å²) in [6.07, 6.45) is 8.09. The number of carbonyl (C=O) groups is 1. The molecule has 2 atom stereocenters. The Kier molecular flexibility index (Phi) is 3.28. The molecule has 3 nitrogen and oxygen atoms in total. The molecular formula is C16H19NO2. The third kappa shape index (κ3) is 2.25. The van der Waals surface area contributed by atoms with Crippen molar-refractivity contribution < 1.29 is 9.53 Å². The molecule has 3 heteroatoms. The lowest BCUT2D eigenvalue weighted by Gasteiger charge is -2.31. The third-order valence-corrected chi connectivity index (χ3v) is 4.13. The van der Waals surface area contributed by atoms with Crippen molar-refractivity contribution in [3.05, 3.63) is 42.0 Å². The third-order valence-electron chi connectivity index (χ3n) is 4.13. The number of ether oxygens (including phenoxy) is 1. The number of nitrogens with zero attached hydrogens (tertiary/aromatic N) is 1. The Labute approximate surface area is 113 Å². The highest BCUT2D eigenvalue weighted by Gasteiger charge is 2.36. The standard InChI is InChI=1S/C16H19NO2/c1-19-15-8-3-2-5-12(15)11-16(18)17-13-6-4-7-14(17)10-9-13/h2-6,8,13-14H,7,9-11H2,1H3. The molecule has 0 radical (unpaired) electrons. The van der Waals surface area contributed by atoms with Crippen molar-refractivity contribution in [2.75, 3.05) is 7.11 Å². The maximum absolute atomic E-state index is 12.5. The van der Waals surface area contributed by atoms with Crippen LogP contribution in [0.5, 0.6) is 5.75 Å². The highest BCUT2D eigenvalue weighted by molar-refractivity contribution is 5.81. The summed E-state index contributed by atoms with van der Waals surface area (Å²) in [5.41, 5.74) is 0.976. The highest BCUT2D eigenvalue weighted by Crippen LogP contribution is 2.32. The fourth-order valence-corrected chi connectivity index (χ4v) is 3.22. The largest absolute Gasteiger partial charge is 0.496 e. The molecule has 0 aromatic heterocycles. The van der Waals surface area contributed by atoms with Gasteiger partial charge in [0, 0.05) is 11.6 Å². The summed E-state index contributed by atoms with van der Waals surface area (Å²) in [5.74, 6) is 1.03. The monoisotopic (exact) mass is 257 g/mol. The number of benzene rings is 1. The topological polar surface area (TPSA) is 29.5 Å². The van der Waals surface area contributed by atoms with Gasteiger partial charge < -0.3 is 9.64 Å². The van der Waals surface area contributed by atoms with Gasteiger partial charge in [-0.3, -0.25) is 4.79 Å². The van der Waals surface area contributed by atoms with Gasteiger partial charge in [-0.1, -0.05) is 30.4 Å². The zero-order valence-corrected chi connectivity index (χ0v) is 11.2. The second kappa shape index (κ2) is 5.08. The zero-order chi connectivity index (χ0) is 13.2. The fraction of sp³-hybridized carbons (Fsp3) is 0.438. The number of amides is 1. The predicted molar refractivity (Wildman–Crippen MR) is 74.1 cm³/mol. The van der Waals surface area contributed by atoms with Gasteiger partial charge in [0.25, 0.3) is 0 Å². The van der Waals surface area contributed by atoms with E-state index in [4.69, 9.17) is 4.74 Å². The minimum atomic E-state index is 0.223. The summed E-state index contributed by atoms with van der Waals surface area (Å²) in [4.78, 5) is 14.6. The summed E-state index contributed by atoms with van der Waals surface area (Å²) in [6.45, 7) is 0. The van der Waals surface area contributed by atoms with Crippen molar-refractivity contribution in [1.82, 2.24) is 4.90 Å². The van der Waals surface area contributed by atoms with E-state index in [1.807, 2.05) is 24.3 Å². The van der Waals surface area contributed by atoms with Crippen LogP contribution in [0.2, 0.25) is 0 Å². The van der Waals surface area contributed by atoms with Crippen molar-refractivity contribution in [1.29, 1.82) is 0 Å². The lowest BCUT2D eigenvalue weighted by atomic mass is 10.1. The Morgan fingerprint density at radius 2 is 2.21 bits per heavy atom. The maximum Gasteiger partial charge on any atom is 0.227 e. The van der Waals surface area contributed by atoms with E-state index in [1.54, 1.807) is 7.11 Å². The van der Waals surface area contributed by atoms with E-state index in [1.165, 1.54) is 0 Å². The molecule has 1 saturated heterocycles. The van der Waals surface area contributed by atoms with E-state index in [2.05, 4.69) is 17.1 Å². The van der Waals surface area contributed by atoms with Gasteiger partial charge in [-0.25, -0.2) is 0 Å². The molecule has 2 unspecified atom stereocenters. The van der Waals surface area contributed by atoms with E-state index in [0.29, 0.717) is 18.5 Å². The van der Waals surface area contributed by atoms with Gasteiger partial charge in [0.05, 0.1) is 19.6 Å². The average molecular weight is 257 g/mol. The Bertz CT molecular complexity index is 509. The Hall–Kier alpha value is -1.77. The lowest BCUT2D eigenvalue weighted by molar-refractivity contribution is -0.132. The van der Waals surface area contributed by atoms with Crippen molar-refractivity contribution in [3.63, 3.8) is 0 Å². The van der Waals surface area contributed by atoms with Gasteiger partial charge in [0.15, 0.2) is 0 Å². The van der Waals surface area contributed by atoms with Gasteiger partial charge in [-0.15, -0.1) is 0 Å². The summed E-state index contributed by atoms with van der Waals surface area (Å²) in [7, 11) is 1.65. The molecule has 2 aliphatic heterocycles. The molecule has 100 valence electrons. The molecule has 0 aliphatic carbocycles. The lowest BCUT2D eigenvalue weighted by Crippen LogP contribution is -2.42. The fourth-order valence-electron chi connectivity index (χ4n) is 3.22. The van der Waals surface area contributed by atoms with Crippen LogP contribution in [0.1, 0.15) is 24.8 Å². The Morgan fingerprint density at radius 1 is 1.37 bits per heavy atom. The van der Waals surface area contributed by atoms with Gasteiger partial charge in [0.1, 0.15) is 5.75 Å². The van der Waals surface area contributed by atoms with Gasteiger partial charge in [-0.05, 0) is 25.3 Å². The second-order valence-electron chi connectivity index (χ2n) is 5.25. The second-order valence-corrected chi connectivity index (χ2v) is 5.25. The van der Waals surface area contributed by atoms with Gasteiger partial charge in [-0.2, -0.15) is 0 Å².